The van der Waals surface area contributed by atoms with E-state index in [1.807, 2.05) is 30.0 Å². The Morgan fingerprint density at radius 1 is 0.396 bits per heavy atom. The van der Waals surface area contributed by atoms with Crippen LogP contribution < -0.4 is 0 Å². The maximum atomic E-state index is 5.21. The molecule has 1 spiro atoms. The van der Waals surface area contributed by atoms with Gasteiger partial charge in [0.15, 0.2) is 5.82 Å². The summed E-state index contributed by atoms with van der Waals surface area (Å²) in [6.45, 7) is 0. The highest BCUT2D eigenvalue weighted by Gasteiger charge is 2.50. The molecule has 0 saturated carbocycles. The first-order valence-corrected chi connectivity index (χ1v) is 17.1. The standard InChI is InChI=1S/C45H28N2S/c1-2-14-30(15-3-1)44-46-40(28-41(47-44)35-20-12-16-29-13-4-5-17-32(29)35)31-25-26-39-43(27-31)48-42-24-11-10-23-38(42)45(39)36-21-8-6-18-33(36)34-19-7-9-22-37(34)45/h1-28H. The summed E-state index contributed by atoms with van der Waals surface area (Å²) in [5.41, 5.74) is 12.6. The predicted octanol–water partition coefficient (Wildman–Crippen LogP) is 11.5. The first-order valence-electron chi connectivity index (χ1n) is 16.3. The molecular weight excluding hydrogens is 601 g/mol. The maximum Gasteiger partial charge on any atom is 0.160 e. The van der Waals surface area contributed by atoms with Crippen molar-refractivity contribution >= 4 is 22.5 Å². The molecule has 1 aromatic heterocycles. The average molecular weight is 629 g/mol. The number of rotatable bonds is 3. The molecule has 0 radical (unpaired) electrons. The van der Waals surface area contributed by atoms with Crippen molar-refractivity contribution in [1.29, 1.82) is 0 Å². The van der Waals surface area contributed by atoms with Crippen molar-refractivity contribution in [2.45, 2.75) is 15.2 Å². The van der Waals surface area contributed by atoms with Crippen LogP contribution in [0.2, 0.25) is 0 Å². The Hall–Kier alpha value is -5.77. The molecule has 0 amide bonds. The molecular formula is C45H28N2S. The number of hydrogen-bond donors (Lipinski definition) is 0. The maximum absolute atomic E-state index is 5.21. The second kappa shape index (κ2) is 10.6. The van der Waals surface area contributed by atoms with Crippen molar-refractivity contribution in [3.63, 3.8) is 0 Å². The van der Waals surface area contributed by atoms with Crippen LogP contribution in [-0.4, -0.2) is 9.97 Å². The molecule has 0 N–H and O–H groups in total. The van der Waals surface area contributed by atoms with E-state index in [1.165, 1.54) is 53.9 Å². The van der Waals surface area contributed by atoms with Crippen LogP contribution in [0.5, 0.6) is 0 Å². The van der Waals surface area contributed by atoms with E-state index >= 15 is 0 Å². The quantitative estimate of drug-likeness (QED) is 0.195. The van der Waals surface area contributed by atoms with Gasteiger partial charge in [0.2, 0.25) is 0 Å². The molecule has 2 nitrogen and oxygen atoms in total. The lowest BCUT2D eigenvalue weighted by Crippen LogP contribution is -2.31. The van der Waals surface area contributed by atoms with Crippen LogP contribution in [0, 0.1) is 0 Å². The summed E-state index contributed by atoms with van der Waals surface area (Å²) in [7, 11) is 0. The summed E-state index contributed by atoms with van der Waals surface area (Å²) in [5, 5.41) is 2.38. The fraction of sp³-hybridized carbons (Fsp3) is 0.0222. The van der Waals surface area contributed by atoms with Gasteiger partial charge in [-0.15, -0.1) is 0 Å². The molecule has 2 heterocycles. The third-order valence-corrected chi connectivity index (χ3v) is 11.1. The zero-order valence-corrected chi connectivity index (χ0v) is 26.8. The number of hydrogen-bond acceptors (Lipinski definition) is 3. The largest absolute Gasteiger partial charge is 0.228 e. The zero-order valence-electron chi connectivity index (χ0n) is 26.0. The molecule has 1 aliphatic carbocycles. The summed E-state index contributed by atoms with van der Waals surface area (Å²) in [4.78, 5) is 12.9. The minimum absolute atomic E-state index is 0.391. The van der Waals surface area contributed by atoms with Gasteiger partial charge in [0.1, 0.15) is 0 Å². The van der Waals surface area contributed by atoms with Gasteiger partial charge in [0.05, 0.1) is 16.8 Å². The molecule has 3 heteroatoms. The van der Waals surface area contributed by atoms with Crippen molar-refractivity contribution in [2.24, 2.45) is 0 Å². The molecule has 0 saturated heterocycles. The van der Waals surface area contributed by atoms with E-state index in [-0.39, 0.29) is 0 Å². The van der Waals surface area contributed by atoms with Gasteiger partial charge < -0.3 is 0 Å². The van der Waals surface area contributed by atoms with Gasteiger partial charge in [-0.1, -0.05) is 163 Å². The topological polar surface area (TPSA) is 25.8 Å². The Morgan fingerprint density at radius 2 is 1.00 bits per heavy atom. The van der Waals surface area contributed by atoms with Crippen LogP contribution in [0.15, 0.2) is 180 Å². The summed E-state index contributed by atoms with van der Waals surface area (Å²) in [6, 6.07) is 61.3. The molecule has 8 aromatic rings. The highest BCUT2D eigenvalue weighted by atomic mass is 32.2. The van der Waals surface area contributed by atoms with E-state index in [2.05, 4.69) is 152 Å². The third-order valence-electron chi connectivity index (χ3n) is 9.97. The second-order valence-corrected chi connectivity index (χ2v) is 13.6. The van der Waals surface area contributed by atoms with Gasteiger partial charge in [-0.25, -0.2) is 9.97 Å². The average Bonchev–Trinajstić information content (AvgIpc) is 3.45. The van der Waals surface area contributed by atoms with E-state index < -0.39 is 5.41 Å². The predicted molar refractivity (Wildman–Crippen MR) is 197 cm³/mol. The van der Waals surface area contributed by atoms with Crippen LogP contribution in [0.3, 0.4) is 0 Å². The molecule has 2 aliphatic rings. The van der Waals surface area contributed by atoms with Gasteiger partial charge in [0, 0.05) is 26.5 Å². The van der Waals surface area contributed by atoms with Crippen molar-refractivity contribution in [3.05, 3.63) is 192 Å². The third kappa shape index (κ3) is 3.95. The van der Waals surface area contributed by atoms with Crippen LogP contribution in [0.1, 0.15) is 22.3 Å². The fourth-order valence-electron chi connectivity index (χ4n) is 7.92. The normalized spacial score (nSPS) is 13.5. The number of nitrogens with zero attached hydrogens (tertiary/aromatic N) is 2. The molecule has 0 fully saturated rings. The molecule has 0 unspecified atom stereocenters. The number of aromatic nitrogens is 2. The van der Waals surface area contributed by atoms with Crippen LogP contribution in [-0.2, 0) is 5.41 Å². The Kier molecular flexibility index (Phi) is 6.06. The number of fused-ring (bicyclic) bond motifs is 10. The van der Waals surface area contributed by atoms with E-state index in [4.69, 9.17) is 9.97 Å². The van der Waals surface area contributed by atoms with Crippen molar-refractivity contribution in [2.75, 3.05) is 0 Å². The van der Waals surface area contributed by atoms with E-state index in [1.54, 1.807) is 0 Å². The van der Waals surface area contributed by atoms with Gasteiger partial charge in [-0.3, -0.25) is 0 Å². The first kappa shape index (κ1) is 27.4. The fourth-order valence-corrected chi connectivity index (χ4v) is 9.15. The molecule has 0 atom stereocenters. The van der Waals surface area contributed by atoms with Crippen molar-refractivity contribution in [3.8, 4) is 45.0 Å². The van der Waals surface area contributed by atoms with Crippen molar-refractivity contribution in [1.82, 2.24) is 9.97 Å². The highest BCUT2D eigenvalue weighted by Crippen LogP contribution is 2.62. The summed E-state index contributed by atoms with van der Waals surface area (Å²) < 4.78 is 0. The van der Waals surface area contributed by atoms with Crippen molar-refractivity contribution < 1.29 is 0 Å². The molecule has 0 bridgehead atoms. The molecule has 224 valence electrons. The summed E-state index contributed by atoms with van der Waals surface area (Å²) >= 11 is 1.86. The second-order valence-electron chi connectivity index (χ2n) is 12.5. The van der Waals surface area contributed by atoms with E-state index in [0.717, 1.165) is 33.9 Å². The van der Waals surface area contributed by atoms with E-state index in [0.29, 0.717) is 0 Å². The number of benzene rings is 7. The van der Waals surface area contributed by atoms with Gasteiger partial charge >= 0.3 is 0 Å². The van der Waals surface area contributed by atoms with Gasteiger partial charge in [-0.2, -0.15) is 0 Å². The molecule has 7 aromatic carbocycles. The Labute approximate surface area is 283 Å². The lowest BCUT2D eigenvalue weighted by atomic mass is 9.67. The Balaban J connectivity index is 1.21. The minimum Gasteiger partial charge on any atom is -0.228 e. The zero-order chi connectivity index (χ0) is 31.7. The summed E-state index contributed by atoms with van der Waals surface area (Å²) in [6.07, 6.45) is 0. The lowest BCUT2D eigenvalue weighted by Gasteiger charge is -2.39. The monoisotopic (exact) mass is 628 g/mol. The summed E-state index contributed by atoms with van der Waals surface area (Å²) in [5.74, 6) is 0.724. The van der Waals surface area contributed by atoms with Crippen LogP contribution in [0.25, 0.3) is 55.8 Å². The molecule has 48 heavy (non-hydrogen) atoms. The smallest absolute Gasteiger partial charge is 0.160 e. The highest BCUT2D eigenvalue weighted by molar-refractivity contribution is 7.99. The minimum atomic E-state index is -0.391. The van der Waals surface area contributed by atoms with Gasteiger partial charge in [0.25, 0.3) is 0 Å². The van der Waals surface area contributed by atoms with Crippen LogP contribution >= 0.6 is 11.8 Å². The van der Waals surface area contributed by atoms with E-state index in [9.17, 15) is 0 Å². The first-order chi connectivity index (χ1) is 23.8. The Morgan fingerprint density at radius 3 is 1.81 bits per heavy atom. The van der Waals surface area contributed by atoms with Gasteiger partial charge in [-0.05, 0) is 62.4 Å². The molecule has 10 rings (SSSR count). The van der Waals surface area contributed by atoms with Crippen LogP contribution in [0.4, 0.5) is 0 Å². The lowest BCUT2D eigenvalue weighted by molar-refractivity contribution is 0.722. The molecule has 1 aliphatic heterocycles. The SMILES string of the molecule is c1ccc(-c2nc(-c3ccc4c(c3)Sc3ccccc3C43c4ccccc4-c4ccccc43)cc(-c3cccc4ccccc34)n2)cc1. The Bertz CT molecular complexity index is 2500.